The molecule has 2 aliphatic rings. The first-order chi connectivity index (χ1) is 6.63. The van der Waals surface area contributed by atoms with Crippen LogP contribution in [0, 0.1) is 6.57 Å². The minimum Gasteiger partial charge on any atom is -0.385 e. The summed E-state index contributed by atoms with van der Waals surface area (Å²) in [6.07, 6.45) is -2.07. The van der Waals surface area contributed by atoms with Crippen LogP contribution in [0.5, 0.6) is 0 Å². The van der Waals surface area contributed by atoms with Gasteiger partial charge >= 0.3 is 11.4 Å². The van der Waals surface area contributed by atoms with Crippen molar-refractivity contribution in [2.24, 2.45) is 4.99 Å². The van der Waals surface area contributed by atoms with E-state index in [0.717, 1.165) is 0 Å². The fourth-order valence-electron chi connectivity index (χ4n) is 1.99. The Kier molecular flexibility index (Phi) is 1.87. The van der Waals surface area contributed by atoms with Gasteiger partial charge in [0.05, 0.1) is 13.2 Å². The van der Waals surface area contributed by atoms with Crippen molar-refractivity contribution in [3.05, 3.63) is 4.85 Å². The van der Waals surface area contributed by atoms with E-state index in [1.807, 2.05) is 0 Å². The molecule has 0 radical (unpaired) electrons. The van der Waals surface area contributed by atoms with Crippen LogP contribution in [-0.4, -0.2) is 53.8 Å². The first kappa shape index (κ1) is 9.55. The quantitative estimate of drug-likeness (QED) is 0.521. The van der Waals surface area contributed by atoms with Crippen molar-refractivity contribution < 1.29 is 19.7 Å². The number of aliphatic hydroxyl groups is 2. The second kappa shape index (κ2) is 2.74. The first-order valence-electron chi connectivity index (χ1n) is 4.17. The van der Waals surface area contributed by atoms with Crippen LogP contribution >= 0.6 is 0 Å². The number of fused-ring (bicyclic) bond motifs is 1. The number of ether oxygens (including phenoxy) is 2. The summed E-state index contributed by atoms with van der Waals surface area (Å²) in [5.74, 6) is 0. The Balaban J connectivity index is 2.53. The summed E-state index contributed by atoms with van der Waals surface area (Å²) in [5.41, 5.74) is -2.99. The average Bonchev–Trinajstić information content (AvgIpc) is 2.64. The average molecular weight is 199 g/mol. The van der Waals surface area contributed by atoms with Crippen LogP contribution in [0.2, 0.25) is 0 Å². The maximum atomic E-state index is 9.65. The molecule has 0 aromatic heterocycles. The minimum absolute atomic E-state index is 0.0449. The molecule has 14 heavy (non-hydrogen) atoms. The molecule has 4 atom stereocenters. The molecule has 6 heteroatoms. The maximum absolute atomic E-state index is 9.65. The smallest absolute Gasteiger partial charge is 0.385 e. The van der Waals surface area contributed by atoms with E-state index >= 15 is 0 Å². The molecule has 6 nitrogen and oxygen atoms in total. The highest BCUT2D eigenvalue weighted by Gasteiger charge is 2.80. The van der Waals surface area contributed by atoms with Gasteiger partial charge < -0.3 is 14.9 Å². The number of hydrogen-bond donors (Lipinski definition) is 2. The lowest BCUT2D eigenvalue weighted by Crippen LogP contribution is -2.54. The van der Waals surface area contributed by atoms with Gasteiger partial charge in [-0.15, -0.1) is 0 Å². The molecule has 2 aliphatic heterocycles. The number of hydrogen-bond acceptors (Lipinski definition) is 5. The fraction of sp³-hybridized carbons (Fsp3) is 0.750. The molecule has 0 saturated carbocycles. The lowest BCUT2D eigenvalue weighted by Gasteiger charge is -2.23. The third kappa shape index (κ3) is 0.762. The second-order valence-electron chi connectivity index (χ2n) is 3.33. The van der Waals surface area contributed by atoms with Gasteiger partial charge in [0, 0.05) is 0 Å². The van der Waals surface area contributed by atoms with E-state index in [4.69, 9.17) is 16.0 Å². The molecular formula is C8H11N2O4+. The summed E-state index contributed by atoms with van der Waals surface area (Å²) in [7, 11) is 0. The molecule has 2 fully saturated rings. The van der Waals surface area contributed by atoms with Crippen molar-refractivity contribution in [2.45, 2.75) is 23.7 Å². The van der Waals surface area contributed by atoms with E-state index in [1.54, 1.807) is 0 Å². The van der Waals surface area contributed by atoms with Gasteiger partial charge in [0.15, 0.2) is 6.10 Å². The third-order valence-electron chi connectivity index (χ3n) is 2.77. The molecule has 0 aromatic rings. The zero-order valence-corrected chi connectivity index (χ0v) is 7.46. The van der Waals surface area contributed by atoms with Crippen molar-refractivity contribution in [1.82, 2.24) is 0 Å². The Morgan fingerprint density at radius 1 is 1.36 bits per heavy atom. The number of rotatable bonds is 1. The van der Waals surface area contributed by atoms with Gasteiger partial charge in [-0.1, -0.05) is 0 Å². The van der Waals surface area contributed by atoms with Gasteiger partial charge in [-0.25, -0.2) is 0 Å². The maximum Gasteiger partial charge on any atom is 0.464 e. The van der Waals surface area contributed by atoms with Crippen LogP contribution in [0.25, 0.3) is 4.85 Å². The van der Waals surface area contributed by atoms with Crippen molar-refractivity contribution in [1.29, 1.82) is 0 Å². The van der Waals surface area contributed by atoms with E-state index in [-0.39, 0.29) is 13.2 Å². The SMILES string of the molecule is C#[N+][C@]12OCC(O)[C@@]1(N=C)OCC2O. The first-order valence-corrected chi connectivity index (χ1v) is 4.17. The van der Waals surface area contributed by atoms with Gasteiger partial charge in [0.1, 0.15) is 6.10 Å². The van der Waals surface area contributed by atoms with E-state index in [2.05, 4.69) is 16.6 Å². The van der Waals surface area contributed by atoms with E-state index in [1.165, 1.54) is 0 Å². The number of aliphatic imine (C=N–C) groups is 1. The number of aliphatic hydroxyl groups excluding tert-OH is 2. The molecule has 2 saturated heterocycles. The molecule has 2 rings (SSSR count). The molecule has 0 spiro atoms. The van der Waals surface area contributed by atoms with Crippen molar-refractivity contribution in [3.8, 4) is 6.57 Å². The van der Waals surface area contributed by atoms with Crippen LogP contribution in [0.4, 0.5) is 0 Å². The normalized spacial score (nSPS) is 51.2. The zero-order chi connectivity index (χ0) is 10.4. The summed E-state index contributed by atoms with van der Waals surface area (Å²) in [4.78, 5) is 7.14. The highest BCUT2D eigenvalue weighted by Crippen LogP contribution is 2.48. The topological polar surface area (TPSA) is 75.6 Å². The highest BCUT2D eigenvalue weighted by atomic mass is 16.6. The van der Waals surface area contributed by atoms with E-state index in [9.17, 15) is 10.2 Å². The molecule has 2 unspecified atom stereocenters. The molecule has 76 valence electrons. The molecular weight excluding hydrogens is 188 g/mol. The summed E-state index contributed by atoms with van der Waals surface area (Å²) in [6, 6.07) is 0. The van der Waals surface area contributed by atoms with Gasteiger partial charge in [0.2, 0.25) is 0 Å². The van der Waals surface area contributed by atoms with E-state index < -0.39 is 23.7 Å². The molecule has 0 aliphatic carbocycles. The van der Waals surface area contributed by atoms with Gasteiger partial charge in [-0.2, -0.15) is 0 Å². The molecule has 0 amide bonds. The Morgan fingerprint density at radius 3 is 2.50 bits per heavy atom. The number of nitrogens with zero attached hydrogens (tertiary/aromatic N) is 2. The summed E-state index contributed by atoms with van der Waals surface area (Å²) in [6.45, 7) is 8.41. The Labute approximate surface area is 80.6 Å². The van der Waals surface area contributed by atoms with Crippen LogP contribution in [0.1, 0.15) is 0 Å². The summed E-state index contributed by atoms with van der Waals surface area (Å²) in [5, 5.41) is 19.3. The van der Waals surface area contributed by atoms with Crippen LogP contribution in [-0.2, 0) is 9.47 Å². The van der Waals surface area contributed by atoms with Crippen molar-refractivity contribution >= 4 is 6.72 Å². The van der Waals surface area contributed by atoms with Crippen LogP contribution < -0.4 is 0 Å². The highest BCUT2D eigenvalue weighted by molar-refractivity contribution is 5.32. The predicted molar refractivity (Wildman–Crippen MR) is 47.2 cm³/mol. The van der Waals surface area contributed by atoms with Crippen LogP contribution in [0.15, 0.2) is 4.99 Å². The van der Waals surface area contributed by atoms with Crippen molar-refractivity contribution in [2.75, 3.05) is 13.2 Å². The van der Waals surface area contributed by atoms with Gasteiger partial charge in [-0.05, 0) is 11.6 Å². The molecule has 0 aromatic carbocycles. The molecule has 2 N–H and O–H groups in total. The molecule has 0 bridgehead atoms. The van der Waals surface area contributed by atoms with Gasteiger partial charge in [-0.3, -0.25) is 9.73 Å². The Hall–Kier alpha value is -1.00. The standard InChI is InChI=1S/C8H11N2O4/c1-9-7-5(11)3-14-8(7,10-2)6(12)4-13-7/h1,5-6,11-12H,2-4H2/q+1/t5?,6?,7-,8-/m1/s1. The fourth-order valence-corrected chi connectivity index (χ4v) is 1.99. The van der Waals surface area contributed by atoms with Crippen molar-refractivity contribution in [3.63, 3.8) is 0 Å². The monoisotopic (exact) mass is 199 g/mol. The minimum atomic E-state index is -1.52. The summed E-state index contributed by atoms with van der Waals surface area (Å²) >= 11 is 0. The summed E-state index contributed by atoms with van der Waals surface area (Å²) < 4.78 is 10.4. The molecule has 2 heterocycles. The largest absolute Gasteiger partial charge is 0.464 e. The van der Waals surface area contributed by atoms with Crippen LogP contribution in [0.3, 0.4) is 0 Å². The lowest BCUT2D eigenvalue weighted by atomic mass is 9.96. The lowest BCUT2D eigenvalue weighted by molar-refractivity contribution is -0.0972. The Bertz CT molecular complexity index is 315. The third-order valence-corrected chi connectivity index (χ3v) is 2.77. The second-order valence-corrected chi connectivity index (χ2v) is 3.33. The zero-order valence-electron chi connectivity index (χ0n) is 7.46. The van der Waals surface area contributed by atoms with E-state index in [0.29, 0.717) is 0 Å². The Morgan fingerprint density at radius 2 is 2.00 bits per heavy atom. The van der Waals surface area contributed by atoms with Gasteiger partial charge in [0.25, 0.3) is 6.57 Å². The predicted octanol–water partition coefficient (Wildman–Crippen LogP) is -1.18.